The van der Waals surface area contributed by atoms with E-state index in [1.165, 1.54) is 6.07 Å². The zero-order valence-corrected chi connectivity index (χ0v) is 12.0. The Morgan fingerprint density at radius 2 is 1.93 bits per heavy atom. The first-order chi connectivity index (χ1) is 6.32. The maximum absolute atomic E-state index is 10.9. The number of halogens is 1. The van der Waals surface area contributed by atoms with Crippen molar-refractivity contribution in [1.82, 2.24) is 0 Å². The van der Waals surface area contributed by atoms with Gasteiger partial charge in [0, 0.05) is 4.90 Å². The fourth-order valence-corrected chi connectivity index (χ4v) is 2.34. The monoisotopic (exact) mass is 277 g/mol. The normalized spacial score (nSPS) is 13.0. The molecule has 9 heteroatoms. The van der Waals surface area contributed by atoms with Crippen LogP contribution in [0.25, 0.3) is 0 Å². The average Bonchev–Trinajstić information content (AvgIpc) is 2.02. The van der Waals surface area contributed by atoms with Gasteiger partial charge in [-0.3, -0.25) is 4.21 Å². The zero-order valence-electron chi connectivity index (χ0n) is 7.64. The van der Waals surface area contributed by atoms with Crippen molar-refractivity contribution in [2.45, 2.75) is 9.79 Å². The van der Waals surface area contributed by atoms with Crippen LogP contribution in [0, 0.1) is 0 Å². The summed E-state index contributed by atoms with van der Waals surface area (Å²) in [5.41, 5.74) is 0. The molecule has 0 amide bonds. The molecule has 78 valence electrons. The molecule has 0 aliphatic carbocycles. The quantitative estimate of drug-likeness (QED) is 0.467. The standard InChI is InChI=1S/C6H6ClNO4S2.Na/c7-5-2-1-4(13(9)10)3-6(5)14(8,11)12;/h1-3H,(H,9,10)(H2,8,11,12);/q;+1/p-1. The van der Waals surface area contributed by atoms with Crippen molar-refractivity contribution in [2.24, 2.45) is 5.14 Å². The minimum absolute atomic E-state index is 0. The van der Waals surface area contributed by atoms with E-state index in [2.05, 4.69) is 0 Å². The molecular formula is C6H5ClNNaO4S2. The molecule has 0 heterocycles. The van der Waals surface area contributed by atoms with Crippen LogP contribution in [-0.4, -0.2) is 17.2 Å². The second-order valence-electron chi connectivity index (χ2n) is 2.37. The largest absolute Gasteiger partial charge is 1.00 e. The number of primary sulfonamides is 1. The van der Waals surface area contributed by atoms with E-state index in [1.54, 1.807) is 0 Å². The fraction of sp³-hybridized carbons (Fsp3) is 0. The number of hydrogen-bond donors (Lipinski definition) is 1. The molecule has 0 aliphatic heterocycles. The molecule has 0 radical (unpaired) electrons. The van der Waals surface area contributed by atoms with Crippen molar-refractivity contribution < 1.29 is 46.7 Å². The topological polar surface area (TPSA) is 100 Å². The van der Waals surface area contributed by atoms with Gasteiger partial charge in [0.15, 0.2) is 0 Å². The number of sulfonamides is 1. The van der Waals surface area contributed by atoms with E-state index in [0.717, 1.165) is 12.1 Å². The molecule has 0 spiro atoms. The number of rotatable bonds is 2. The summed E-state index contributed by atoms with van der Waals surface area (Å²) in [5.74, 6) is 0. The Balaban J connectivity index is 0.00000196. The van der Waals surface area contributed by atoms with Gasteiger partial charge < -0.3 is 4.55 Å². The molecule has 1 atom stereocenters. The summed E-state index contributed by atoms with van der Waals surface area (Å²) >= 11 is 3.01. The first kappa shape index (κ1) is 15.5. The van der Waals surface area contributed by atoms with E-state index in [0.29, 0.717) is 0 Å². The molecule has 5 nitrogen and oxygen atoms in total. The molecule has 0 aliphatic rings. The summed E-state index contributed by atoms with van der Waals surface area (Å²) in [6, 6.07) is 3.24. The molecule has 15 heavy (non-hydrogen) atoms. The summed E-state index contributed by atoms with van der Waals surface area (Å²) in [4.78, 5) is -0.584. The minimum Gasteiger partial charge on any atom is -0.768 e. The smallest absolute Gasteiger partial charge is 0.768 e. The Kier molecular flexibility index (Phi) is 5.94. The van der Waals surface area contributed by atoms with Gasteiger partial charge in [0.05, 0.1) is 5.02 Å². The predicted molar refractivity (Wildman–Crippen MR) is 50.0 cm³/mol. The van der Waals surface area contributed by atoms with E-state index >= 15 is 0 Å². The van der Waals surface area contributed by atoms with Crippen molar-refractivity contribution in [3.05, 3.63) is 23.2 Å². The van der Waals surface area contributed by atoms with E-state index in [-0.39, 0.29) is 39.5 Å². The summed E-state index contributed by atoms with van der Waals surface area (Å²) in [6.45, 7) is 0. The third kappa shape index (κ3) is 4.12. The second kappa shape index (κ2) is 5.74. The Labute approximate surface area is 117 Å². The second-order valence-corrected chi connectivity index (χ2v) is 5.25. The molecule has 1 aromatic rings. The maximum Gasteiger partial charge on any atom is 1.00 e. The van der Waals surface area contributed by atoms with Crippen molar-refractivity contribution in [3.8, 4) is 0 Å². The summed E-state index contributed by atoms with van der Waals surface area (Å²) in [7, 11) is -3.99. The number of nitrogens with two attached hydrogens (primary N) is 1. The Hall–Kier alpha value is 0.530. The van der Waals surface area contributed by atoms with Crippen LogP contribution in [0.2, 0.25) is 5.02 Å². The van der Waals surface area contributed by atoms with E-state index in [4.69, 9.17) is 16.7 Å². The SMILES string of the molecule is NS(=O)(=O)c1cc(S(=O)[O-])ccc1Cl.[Na+]. The first-order valence-electron chi connectivity index (χ1n) is 3.24. The minimum atomic E-state index is -3.99. The number of benzene rings is 1. The van der Waals surface area contributed by atoms with E-state index in [1.807, 2.05) is 0 Å². The molecule has 1 unspecified atom stereocenters. The first-order valence-corrected chi connectivity index (χ1v) is 6.24. The molecular weight excluding hydrogens is 273 g/mol. The van der Waals surface area contributed by atoms with Crippen molar-refractivity contribution in [3.63, 3.8) is 0 Å². The predicted octanol–water partition coefficient (Wildman–Crippen LogP) is -2.77. The average molecular weight is 278 g/mol. The zero-order chi connectivity index (χ0) is 10.9. The summed E-state index contributed by atoms with van der Waals surface area (Å²) in [6.07, 6.45) is 0. The van der Waals surface area contributed by atoms with Gasteiger partial charge in [-0.1, -0.05) is 11.6 Å². The Morgan fingerprint density at radius 3 is 2.33 bits per heavy atom. The molecule has 1 aromatic carbocycles. The van der Waals surface area contributed by atoms with Crippen LogP contribution in [0.15, 0.2) is 28.0 Å². The van der Waals surface area contributed by atoms with Crippen molar-refractivity contribution in [2.75, 3.05) is 0 Å². The van der Waals surface area contributed by atoms with Gasteiger partial charge in [-0.05, 0) is 29.3 Å². The maximum atomic E-state index is 10.9. The summed E-state index contributed by atoms with van der Waals surface area (Å²) < 4.78 is 42.9. The molecule has 0 saturated heterocycles. The van der Waals surface area contributed by atoms with Crippen LogP contribution < -0.4 is 34.7 Å². The van der Waals surface area contributed by atoms with Crippen molar-refractivity contribution >= 4 is 32.7 Å². The van der Waals surface area contributed by atoms with Crippen LogP contribution in [-0.2, 0) is 21.1 Å². The van der Waals surface area contributed by atoms with Crippen LogP contribution in [0.4, 0.5) is 0 Å². The van der Waals surface area contributed by atoms with Crippen LogP contribution in [0.1, 0.15) is 0 Å². The Bertz CT molecular complexity index is 490. The van der Waals surface area contributed by atoms with Crippen LogP contribution >= 0.6 is 11.6 Å². The Morgan fingerprint density at radius 1 is 1.40 bits per heavy atom. The molecule has 0 saturated carbocycles. The van der Waals surface area contributed by atoms with Gasteiger partial charge >= 0.3 is 29.6 Å². The van der Waals surface area contributed by atoms with Gasteiger partial charge in [0.25, 0.3) is 0 Å². The fourth-order valence-electron chi connectivity index (χ4n) is 0.805. The van der Waals surface area contributed by atoms with E-state index in [9.17, 15) is 17.2 Å². The molecule has 0 aromatic heterocycles. The van der Waals surface area contributed by atoms with Gasteiger partial charge in [0.2, 0.25) is 10.0 Å². The van der Waals surface area contributed by atoms with Gasteiger partial charge in [0.1, 0.15) is 4.90 Å². The third-order valence-electron chi connectivity index (χ3n) is 1.40. The number of hydrogen-bond acceptors (Lipinski definition) is 4. The van der Waals surface area contributed by atoms with Gasteiger partial charge in [-0.15, -0.1) is 0 Å². The molecule has 0 bridgehead atoms. The van der Waals surface area contributed by atoms with Crippen LogP contribution in [0.5, 0.6) is 0 Å². The molecule has 0 fully saturated rings. The summed E-state index contributed by atoms with van der Waals surface area (Å²) in [5, 5.41) is 4.70. The molecule has 2 N–H and O–H groups in total. The third-order valence-corrected chi connectivity index (χ3v) is 3.43. The molecule has 1 rings (SSSR count). The van der Waals surface area contributed by atoms with Gasteiger partial charge in [-0.2, -0.15) is 0 Å². The van der Waals surface area contributed by atoms with Crippen LogP contribution in [0.3, 0.4) is 0 Å². The van der Waals surface area contributed by atoms with Gasteiger partial charge in [-0.25, -0.2) is 13.6 Å². The van der Waals surface area contributed by atoms with E-state index < -0.39 is 26.0 Å². The van der Waals surface area contributed by atoms with Crippen molar-refractivity contribution in [1.29, 1.82) is 0 Å².